The van der Waals surface area contributed by atoms with Crippen LogP contribution in [-0.4, -0.2) is 37.2 Å². The van der Waals surface area contributed by atoms with Gasteiger partial charge >= 0.3 is 0 Å². The van der Waals surface area contributed by atoms with Crippen LogP contribution < -0.4 is 4.90 Å². The summed E-state index contributed by atoms with van der Waals surface area (Å²) in [5, 5.41) is 10.3. The van der Waals surface area contributed by atoms with Gasteiger partial charge in [0.2, 0.25) is 0 Å². The number of benzene rings is 2. The molecular weight excluding hydrogens is 278 g/mol. The summed E-state index contributed by atoms with van der Waals surface area (Å²) in [5.41, 5.74) is 2.23. The lowest BCUT2D eigenvalue weighted by atomic mass is 10.00. The fourth-order valence-electron chi connectivity index (χ4n) is 2.60. The van der Waals surface area contributed by atoms with E-state index in [1.54, 1.807) is 24.3 Å². The zero-order valence-electron chi connectivity index (χ0n) is 12.3. The molecule has 0 amide bonds. The number of hydrogen-bond donors (Lipinski definition) is 1. The number of rotatable bonds is 4. The lowest BCUT2D eigenvalue weighted by molar-refractivity contribution is 0.0747. The number of carbonyl (C=O) groups excluding carboxylic acids is 1. The molecule has 0 saturated carbocycles. The molecular formula is C18H19NO3. The number of aliphatic hydroxyl groups is 1. The first kappa shape index (κ1) is 14.8. The first-order valence-corrected chi connectivity index (χ1v) is 7.46. The molecule has 4 nitrogen and oxygen atoms in total. The van der Waals surface area contributed by atoms with Crippen molar-refractivity contribution in [2.75, 3.05) is 31.2 Å². The van der Waals surface area contributed by atoms with Crippen LogP contribution in [0.25, 0.3) is 0 Å². The highest BCUT2D eigenvalue weighted by atomic mass is 16.5. The molecule has 0 bridgehead atoms. The van der Waals surface area contributed by atoms with Crippen LogP contribution in [0.5, 0.6) is 0 Å². The summed E-state index contributed by atoms with van der Waals surface area (Å²) in [4.78, 5) is 14.5. The fourth-order valence-corrected chi connectivity index (χ4v) is 2.60. The monoisotopic (exact) mass is 297 g/mol. The van der Waals surface area contributed by atoms with E-state index in [0.29, 0.717) is 11.1 Å². The second kappa shape index (κ2) is 6.73. The van der Waals surface area contributed by atoms with Gasteiger partial charge in [-0.2, -0.15) is 0 Å². The fraction of sp³-hybridized carbons (Fsp3) is 0.278. The molecule has 22 heavy (non-hydrogen) atoms. The smallest absolute Gasteiger partial charge is 0.195 e. The maximum atomic E-state index is 12.3. The summed E-state index contributed by atoms with van der Waals surface area (Å²) in [7, 11) is 0. The van der Waals surface area contributed by atoms with Gasteiger partial charge in [-0.1, -0.05) is 42.5 Å². The summed E-state index contributed by atoms with van der Waals surface area (Å²) < 4.78 is 5.34. The third-order valence-electron chi connectivity index (χ3n) is 3.89. The molecule has 1 aliphatic heterocycles. The summed E-state index contributed by atoms with van der Waals surface area (Å²) in [6, 6.07) is 16.4. The van der Waals surface area contributed by atoms with Crippen LogP contribution in [0.1, 0.15) is 22.0 Å². The van der Waals surface area contributed by atoms with Gasteiger partial charge in [0.25, 0.3) is 0 Å². The standard InChI is InChI=1S/C18H19NO3/c20-17(14-4-2-1-3-5-14)18(21)15-6-8-16(9-7-15)19-10-12-22-13-11-19/h1-9,18,21H,10-13H2. The summed E-state index contributed by atoms with van der Waals surface area (Å²) in [6.45, 7) is 3.20. The van der Waals surface area contributed by atoms with Gasteiger partial charge in [0.1, 0.15) is 6.10 Å². The molecule has 1 unspecified atom stereocenters. The minimum Gasteiger partial charge on any atom is -0.380 e. The van der Waals surface area contributed by atoms with Gasteiger partial charge in [-0.25, -0.2) is 0 Å². The quantitative estimate of drug-likeness (QED) is 0.881. The van der Waals surface area contributed by atoms with Crippen LogP contribution in [0.4, 0.5) is 5.69 Å². The molecule has 4 heteroatoms. The molecule has 0 spiro atoms. The van der Waals surface area contributed by atoms with Crippen molar-refractivity contribution in [3.63, 3.8) is 0 Å². The average molecular weight is 297 g/mol. The van der Waals surface area contributed by atoms with Crippen LogP contribution in [-0.2, 0) is 4.74 Å². The van der Waals surface area contributed by atoms with E-state index in [0.717, 1.165) is 32.0 Å². The van der Waals surface area contributed by atoms with E-state index in [9.17, 15) is 9.90 Å². The Morgan fingerprint density at radius 3 is 2.27 bits per heavy atom. The Bertz CT molecular complexity index is 619. The molecule has 2 aromatic carbocycles. The van der Waals surface area contributed by atoms with Crippen LogP contribution >= 0.6 is 0 Å². The zero-order valence-corrected chi connectivity index (χ0v) is 12.3. The Morgan fingerprint density at radius 1 is 1.00 bits per heavy atom. The number of nitrogens with zero attached hydrogens (tertiary/aromatic N) is 1. The summed E-state index contributed by atoms with van der Waals surface area (Å²) >= 11 is 0. The van der Waals surface area contributed by atoms with E-state index in [4.69, 9.17) is 4.74 Å². The first-order chi connectivity index (χ1) is 10.8. The minimum atomic E-state index is -1.12. The first-order valence-electron chi connectivity index (χ1n) is 7.46. The number of ketones is 1. The van der Waals surface area contributed by atoms with E-state index in [2.05, 4.69) is 4.90 Å². The van der Waals surface area contributed by atoms with Gasteiger partial charge in [0.15, 0.2) is 5.78 Å². The van der Waals surface area contributed by atoms with Crippen molar-refractivity contribution in [2.45, 2.75) is 6.10 Å². The van der Waals surface area contributed by atoms with Gasteiger partial charge in [-0.05, 0) is 17.7 Å². The highest BCUT2D eigenvalue weighted by Gasteiger charge is 2.19. The van der Waals surface area contributed by atoms with Crippen molar-refractivity contribution in [3.8, 4) is 0 Å². The number of hydrogen-bond acceptors (Lipinski definition) is 4. The van der Waals surface area contributed by atoms with E-state index >= 15 is 0 Å². The van der Waals surface area contributed by atoms with Gasteiger partial charge in [-0.15, -0.1) is 0 Å². The Morgan fingerprint density at radius 2 is 1.64 bits per heavy atom. The second-order valence-electron chi connectivity index (χ2n) is 5.32. The number of Topliss-reactive ketones (excluding diaryl/α,β-unsaturated/α-hetero) is 1. The average Bonchev–Trinajstić information content (AvgIpc) is 2.62. The zero-order chi connectivity index (χ0) is 15.4. The largest absolute Gasteiger partial charge is 0.380 e. The molecule has 3 rings (SSSR count). The van der Waals surface area contributed by atoms with E-state index < -0.39 is 6.10 Å². The topological polar surface area (TPSA) is 49.8 Å². The van der Waals surface area contributed by atoms with Crippen molar-refractivity contribution >= 4 is 11.5 Å². The highest BCUT2D eigenvalue weighted by molar-refractivity contribution is 5.99. The Hall–Kier alpha value is -2.17. The number of carbonyl (C=O) groups is 1. The molecule has 0 aromatic heterocycles. The molecule has 1 saturated heterocycles. The van der Waals surface area contributed by atoms with E-state index in [1.807, 2.05) is 30.3 Å². The lowest BCUT2D eigenvalue weighted by Crippen LogP contribution is -2.36. The molecule has 114 valence electrons. The molecule has 1 atom stereocenters. The van der Waals surface area contributed by atoms with Crippen LogP contribution in [0, 0.1) is 0 Å². The molecule has 1 N–H and O–H groups in total. The van der Waals surface area contributed by atoms with E-state index in [1.165, 1.54) is 0 Å². The maximum absolute atomic E-state index is 12.3. The third-order valence-corrected chi connectivity index (χ3v) is 3.89. The minimum absolute atomic E-state index is 0.278. The van der Waals surface area contributed by atoms with Crippen LogP contribution in [0.2, 0.25) is 0 Å². The molecule has 0 radical (unpaired) electrons. The van der Waals surface area contributed by atoms with Crippen LogP contribution in [0.3, 0.4) is 0 Å². The molecule has 1 aliphatic rings. The summed E-state index contributed by atoms with van der Waals surface area (Å²) in [5.74, 6) is -0.278. The van der Waals surface area contributed by atoms with Gasteiger partial charge in [-0.3, -0.25) is 4.79 Å². The summed E-state index contributed by atoms with van der Waals surface area (Å²) in [6.07, 6.45) is -1.12. The normalized spacial score (nSPS) is 16.3. The number of ether oxygens (including phenoxy) is 1. The highest BCUT2D eigenvalue weighted by Crippen LogP contribution is 2.22. The van der Waals surface area contributed by atoms with Gasteiger partial charge in [0, 0.05) is 24.3 Å². The van der Waals surface area contributed by atoms with Crippen molar-refractivity contribution in [1.82, 2.24) is 0 Å². The maximum Gasteiger partial charge on any atom is 0.195 e. The van der Waals surface area contributed by atoms with E-state index in [-0.39, 0.29) is 5.78 Å². The molecule has 1 heterocycles. The molecule has 1 fully saturated rings. The Balaban J connectivity index is 1.73. The van der Waals surface area contributed by atoms with Crippen molar-refractivity contribution in [1.29, 1.82) is 0 Å². The molecule has 2 aromatic rings. The number of aliphatic hydroxyl groups excluding tert-OH is 1. The Kier molecular flexibility index (Phi) is 4.51. The van der Waals surface area contributed by atoms with Crippen molar-refractivity contribution in [3.05, 3.63) is 65.7 Å². The predicted molar refractivity (Wildman–Crippen MR) is 85.2 cm³/mol. The van der Waals surface area contributed by atoms with Gasteiger partial charge < -0.3 is 14.7 Å². The number of anilines is 1. The third kappa shape index (κ3) is 3.18. The van der Waals surface area contributed by atoms with Gasteiger partial charge in [0.05, 0.1) is 13.2 Å². The molecule has 0 aliphatic carbocycles. The van der Waals surface area contributed by atoms with Crippen molar-refractivity contribution in [2.24, 2.45) is 0 Å². The SMILES string of the molecule is O=C(c1ccccc1)C(O)c1ccc(N2CCOCC2)cc1. The second-order valence-corrected chi connectivity index (χ2v) is 5.32. The number of morpholine rings is 1. The Labute approximate surface area is 130 Å². The van der Waals surface area contributed by atoms with Crippen LogP contribution in [0.15, 0.2) is 54.6 Å². The predicted octanol–water partition coefficient (Wildman–Crippen LogP) is 2.44. The lowest BCUT2D eigenvalue weighted by Gasteiger charge is -2.29. The van der Waals surface area contributed by atoms with Crippen molar-refractivity contribution < 1.29 is 14.6 Å².